The standard InChI is InChI=1S/C20H21FN4O2/c1-26-18-8-7-17(21)13-16(18)14-24-9-11-25(12-10-24)20-22-19(27-23-20)15-5-3-2-4-6-15/h2-8,13H,9-12,14H2,1H3. The van der Waals surface area contributed by atoms with Crippen LogP contribution in [0.25, 0.3) is 11.5 Å². The largest absolute Gasteiger partial charge is 0.496 e. The first-order chi connectivity index (χ1) is 13.2. The van der Waals surface area contributed by atoms with Crippen molar-refractivity contribution >= 4 is 5.95 Å². The van der Waals surface area contributed by atoms with Crippen LogP contribution in [-0.2, 0) is 6.54 Å². The lowest BCUT2D eigenvalue weighted by Gasteiger charge is -2.34. The van der Waals surface area contributed by atoms with Crippen molar-refractivity contribution < 1.29 is 13.7 Å². The number of hydrogen-bond donors (Lipinski definition) is 0. The molecule has 2 aromatic carbocycles. The van der Waals surface area contributed by atoms with Crippen molar-refractivity contribution in [3.63, 3.8) is 0 Å². The normalized spacial score (nSPS) is 15.1. The van der Waals surface area contributed by atoms with E-state index in [-0.39, 0.29) is 5.82 Å². The van der Waals surface area contributed by atoms with Gasteiger partial charge in [0.15, 0.2) is 0 Å². The number of hydrogen-bond acceptors (Lipinski definition) is 6. The Labute approximate surface area is 157 Å². The maximum atomic E-state index is 13.6. The van der Waals surface area contributed by atoms with Gasteiger partial charge in [-0.3, -0.25) is 4.90 Å². The van der Waals surface area contributed by atoms with Crippen molar-refractivity contribution in [1.82, 2.24) is 15.0 Å². The van der Waals surface area contributed by atoms with E-state index in [0.717, 1.165) is 37.3 Å². The number of benzene rings is 2. The van der Waals surface area contributed by atoms with E-state index in [4.69, 9.17) is 9.26 Å². The van der Waals surface area contributed by atoms with Crippen molar-refractivity contribution in [3.05, 3.63) is 59.9 Å². The van der Waals surface area contributed by atoms with E-state index in [2.05, 4.69) is 19.9 Å². The van der Waals surface area contributed by atoms with Gasteiger partial charge in [0, 0.05) is 43.9 Å². The van der Waals surface area contributed by atoms with E-state index >= 15 is 0 Å². The van der Waals surface area contributed by atoms with Gasteiger partial charge in [-0.05, 0) is 35.5 Å². The fourth-order valence-electron chi connectivity index (χ4n) is 3.26. The highest BCUT2D eigenvalue weighted by molar-refractivity contribution is 5.54. The van der Waals surface area contributed by atoms with E-state index in [1.807, 2.05) is 30.3 Å². The highest BCUT2D eigenvalue weighted by Crippen LogP contribution is 2.23. The lowest BCUT2D eigenvalue weighted by molar-refractivity contribution is 0.244. The highest BCUT2D eigenvalue weighted by atomic mass is 19.1. The number of anilines is 1. The maximum absolute atomic E-state index is 13.6. The lowest BCUT2D eigenvalue weighted by Crippen LogP contribution is -2.46. The number of nitrogens with zero attached hydrogens (tertiary/aromatic N) is 4. The molecule has 0 spiro atoms. The molecule has 1 aliphatic rings. The molecule has 1 aromatic heterocycles. The summed E-state index contributed by atoms with van der Waals surface area (Å²) < 4.78 is 24.3. The van der Waals surface area contributed by atoms with Gasteiger partial charge in [-0.15, -0.1) is 0 Å². The Bertz CT molecular complexity index is 892. The first-order valence-corrected chi connectivity index (χ1v) is 8.92. The molecule has 1 aliphatic heterocycles. The number of rotatable bonds is 5. The first-order valence-electron chi connectivity index (χ1n) is 8.92. The second kappa shape index (κ2) is 7.75. The number of aromatic nitrogens is 2. The van der Waals surface area contributed by atoms with E-state index in [0.29, 0.717) is 24.1 Å². The molecule has 0 bridgehead atoms. The molecule has 0 atom stereocenters. The molecule has 0 saturated carbocycles. The van der Waals surface area contributed by atoms with Gasteiger partial charge < -0.3 is 14.2 Å². The molecule has 140 valence electrons. The van der Waals surface area contributed by atoms with Gasteiger partial charge in [0.25, 0.3) is 11.8 Å². The third-order valence-corrected chi connectivity index (χ3v) is 4.73. The average Bonchev–Trinajstić information content (AvgIpc) is 3.20. The molecule has 1 fully saturated rings. The summed E-state index contributed by atoms with van der Waals surface area (Å²) in [6.07, 6.45) is 0. The number of methoxy groups -OCH3 is 1. The second-order valence-corrected chi connectivity index (χ2v) is 6.48. The Morgan fingerprint density at radius 3 is 2.59 bits per heavy atom. The Hall–Kier alpha value is -2.93. The summed E-state index contributed by atoms with van der Waals surface area (Å²) >= 11 is 0. The first kappa shape index (κ1) is 17.5. The summed E-state index contributed by atoms with van der Waals surface area (Å²) in [5.41, 5.74) is 1.77. The zero-order valence-corrected chi connectivity index (χ0v) is 15.1. The smallest absolute Gasteiger partial charge is 0.266 e. The van der Waals surface area contributed by atoms with E-state index in [9.17, 15) is 4.39 Å². The van der Waals surface area contributed by atoms with Gasteiger partial charge in [0.2, 0.25) is 0 Å². The van der Waals surface area contributed by atoms with Crippen LogP contribution >= 0.6 is 0 Å². The van der Waals surface area contributed by atoms with Crippen LogP contribution in [0.2, 0.25) is 0 Å². The van der Waals surface area contributed by atoms with E-state index in [1.165, 1.54) is 12.1 Å². The Morgan fingerprint density at radius 2 is 1.85 bits per heavy atom. The molecule has 0 amide bonds. The van der Waals surface area contributed by atoms with Crippen LogP contribution in [0.5, 0.6) is 5.75 Å². The minimum Gasteiger partial charge on any atom is -0.496 e. The molecule has 3 aromatic rings. The lowest BCUT2D eigenvalue weighted by atomic mass is 10.1. The highest BCUT2D eigenvalue weighted by Gasteiger charge is 2.22. The summed E-state index contributed by atoms with van der Waals surface area (Å²) in [6, 6.07) is 14.4. The number of halogens is 1. The van der Waals surface area contributed by atoms with E-state index < -0.39 is 0 Å². The summed E-state index contributed by atoms with van der Waals surface area (Å²) in [5, 5.41) is 4.12. The van der Waals surface area contributed by atoms with Gasteiger partial charge in [-0.25, -0.2) is 4.39 Å². The number of piperazine rings is 1. The molecule has 1 saturated heterocycles. The van der Waals surface area contributed by atoms with Crippen LogP contribution in [0.4, 0.5) is 10.3 Å². The van der Waals surface area contributed by atoms with Crippen LogP contribution in [0, 0.1) is 5.82 Å². The Morgan fingerprint density at radius 1 is 1.07 bits per heavy atom. The summed E-state index contributed by atoms with van der Waals surface area (Å²) in [7, 11) is 1.61. The molecule has 4 rings (SSSR count). The average molecular weight is 368 g/mol. The van der Waals surface area contributed by atoms with Crippen molar-refractivity contribution in [2.45, 2.75) is 6.54 Å². The maximum Gasteiger partial charge on any atom is 0.266 e. The quantitative estimate of drug-likeness (QED) is 0.689. The minimum atomic E-state index is -0.246. The van der Waals surface area contributed by atoms with Crippen molar-refractivity contribution in [3.8, 4) is 17.2 Å². The Balaban J connectivity index is 1.38. The monoisotopic (exact) mass is 368 g/mol. The number of ether oxygens (including phenoxy) is 1. The van der Waals surface area contributed by atoms with Crippen LogP contribution in [0.15, 0.2) is 53.1 Å². The topological polar surface area (TPSA) is 54.6 Å². The van der Waals surface area contributed by atoms with Crippen LogP contribution in [0.1, 0.15) is 5.56 Å². The molecular weight excluding hydrogens is 347 g/mol. The van der Waals surface area contributed by atoms with Gasteiger partial charge >= 0.3 is 0 Å². The predicted octanol–water partition coefficient (Wildman–Crippen LogP) is 3.21. The molecule has 7 heteroatoms. The Kier molecular flexibility index (Phi) is 5.02. The molecule has 0 radical (unpaired) electrons. The second-order valence-electron chi connectivity index (χ2n) is 6.48. The van der Waals surface area contributed by atoms with Gasteiger partial charge in [0.1, 0.15) is 11.6 Å². The fourth-order valence-corrected chi connectivity index (χ4v) is 3.26. The predicted molar refractivity (Wildman–Crippen MR) is 100 cm³/mol. The van der Waals surface area contributed by atoms with Gasteiger partial charge in [-0.2, -0.15) is 4.98 Å². The van der Waals surface area contributed by atoms with Crippen LogP contribution in [-0.4, -0.2) is 48.3 Å². The third-order valence-electron chi connectivity index (χ3n) is 4.73. The van der Waals surface area contributed by atoms with Crippen molar-refractivity contribution in [2.24, 2.45) is 0 Å². The SMILES string of the molecule is COc1ccc(F)cc1CN1CCN(c2noc(-c3ccccc3)n2)CC1. The third kappa shape index (κ3) is 3.93. The van der Waals surface area contributed by atoms with Crippen LogP contribution < -0.4 is 9.64 Å². The summed E-state index contributed by atoms with van der Waals surface area (Å²) in [6.45, 7) is 3.87. The van der Waals surface area contributed by atoms with E-state index in [1.54, 1.807) is 13.2 Å². The molecule has 0 N–H and O–H groups in total. The summed E-state index contributed by atoms with van der Waals surface area (Å²) in [4.78, 5) is 8.89. The molecule has 0 aliphatic carbocycles. The molecule has 6 nitrogen and oxygen atoms in total. The molecule has 2 heterocycles. The molecule has 27 heavy (non-hydrogen) atoms. The van der Waals surface area contributed by atoms with Gasteiger partial charge in [0.05, 0.1) is 7.11 Å². The fraction of sp³-hybridized carbons (Fsp3) is 0.300. The molecule has 0 unspecified atom stereocenters. The van der Waals surface area contributed by atoms with Gasteiger partial charge in [-0.1, -0.05) is 18.2 Å². The zero-order valence-electron chi connectivity index (χ0n) is 15.1. The summed E-state index contributed by atoms with van der Waals surface area (Å²) in [5.74, 6) is 1.60. The zero-order chi connectivity index (χ0) is 18.6. The van der Waals surface area contributed by atoms with Crippen LogP contribution in [0.3, 0.4) is 0 Å². The van der Waals surface area contributed by atoms with Crippen molar-refractivity contribution in [1.29, 1.82) is 0 Å². The molecular formula is C20H21FN4O2. The van der Waals surface area contributed by atoms with Crippen molar-refractivity contribution in [2.75, 3.05) is 38.2 Å². The minimum absolute atomic E-state index is 0.246.